The summed E-state index contributed by atoms with van der Waals surface area (Å²) in [7, 11) is 2.01. The number of ketones is 1. The molecule has 41 heavy (non-hydrogen) atoms. The third kappa shape index (κ3) is 22.0. The van der Waals surface area contributed by atoms with E-state index in [0.29, 0.717) is 25.7 Å². The highest BCUT2D eigenvalue weighted by molar-refractivity contribution is 7.47. The van der Waals surface area contributed by atoms with E-state index in [1.807, 2.05) is 31.2 Å². The third-order valence-corrected chi connectivity index (χ3v) is 8.31. The van der Waals surface area contributed by atoms with Gasteiger partial charge < -0.3 is 14.1 Å². The molecule has 1 aromatic rings. The molecular weight excluding hydrogens is 537 g/mol. The van der Waals surface area contributed by atoms with Crippen LogP contribution in [0.2, 0.25) is 0 Å². The number of unbranched alkanes of at least 4 members (excludes halogenated alkanes) is 11. The average molecular weight is 599 g/mol. The molecule has 8 heteroatoms. The van der Waals surface area contributed by atoms with Crippen LogP contribution in [0.5, 0.6) is 5.75 Å². The van der Waals surface area contributed by atoms with Crippen molar-refractivity contribution < 1.29 is 32.5 Å². The zero-order valence-electron chi connectivity index (χ0n) is 26.9. The van der Waals surface area contributed by atoms with Crippen LogP contribution in [-0.4, -0.2) is 62.7 Å². The molecule has 0 heterocycles. The van der Waals surface area contributed by atoms with Crippen molar-refractivity contribution in [2.24, 2.45) is 5.92 Å². The Bertz CT molecular complexity index is 839. The molecule has 2 unspecified atom stereocenters. The number of hydrogen-bond donors (Lipinski definition) is 1. The molecule has 2 atom stereocenters. The number of quaternary nitrogens is 1. The van der Waals surface area contributed by atoms with Gasteiger partial charge in [0.25, 0.3) is 0 Å². The van der Waals surface area contributed by atoms with Crippen LogP contribution in [0.4, 0.5) is 0 Å². The second-order valence-corrected chi connectivity index (χ2v) is 14.0. The van der Waals surface area contributed by atoms with Crippen LogP contribution in [-0.2, 0) is 24.8 Å². The van der Waals surface area contributed by atoms with E-state index < -0.39 is 7.82 Å². The molecule has 238 valence electrons. The molecule has 0 saturated carbocycles. The van der Waals surface area contributed by atoms with Gasteiger partial charge in [-0.25, -0.2) is 4.57 Å². The number of ether oxygens (including phenoxy) is 1. The van der Waals surface area contributed by atoms with Gasteiger partial charge >= 0.3 is 7.82 Å². The van der Waals surface area contributed by atoms with E-state index in [1.54, 1.807) is 0 Å². The topological polar surface area (TPSA) is 82.1 Å². The molecule has 0 aliphatic rings. The van der Waals surface area contributed by atoms with Gasteiger partial charge in [0.15, 0.2) is 0 Å². The summed E-state index contributed by atoms with van der Waals surface area (Å²) in [5.74, 6) is 0.750. The quantitative estimate of drug-likeness (QED) is 0.0621. The van der Waals surface area contributed by atoms with Crippen LogP contribution < -0.4 is 4.74 Å². The summed E-state index contributed by atoms with van der Waals surface area (Å²) in [4.78, 5) is 22.3. The summed E-state index contributed by atoms with van der Waals surface area (Å²) >= 11 is 0. The van der Waals surface area contributed by atoms with Gasteiger partial charge in [0.1, 0.15) is 11.5 Å². The molecule has 0 aromatic heterocycles. The van der Waals surface area contributed by atoms with Gasteiger partial charge in [-0.15, -0.1) is 0 Å². The Labute approximate surface area is 251 Å². The van der Waals surface area contributed by atoms with Crippen LogP contribution in [0, 0.1) is 5.92 Å². The summed E-state index contributed by atoms with van der Waals surface area (Å²) in [5, 5.41) is 0. The normalized spacial score (nSPS) is 14.1. The summed E-state index contributed by atoms with van der Waals surface area (Å²) in [5.41, 5.74) is 1.04. The Kier molecular flexibility index (Phi) is 20.6. The standard InChI is InChI=1S/C33H60NO6P/c1-6-8-9-10-11-12-13-14-15-16-17-18-25-38-33-22-20-30(21-23-33)27-31(28-32(35)7-2)29-40-41(36,37)39-26-19-24-34(3,4)5/h20-23,31H,6-19,24-29H2,1-5H3/p+1. The minimum absolute atomic E-state index is 0.00788. The number of Topliss-reactive ketones (excluding diaryl/α,β-unsaturated/α-hetero) is 1. The first-order chi connectivity index (χ1) is 19.5. The highest BCUT2D eigenvalue weighted by Crippen LogP contribution is 2.44. The number of nitrogens with zero attached hydrogens (tertiary/aromatic N) is 1. The van der Waals surface area contributed by atoms with E-state index in [4.69, 9.17) is 13.8 Å². The predicted molar refractivity (Wildman–Crippen MR) is 169 cm³/mol. The number of benzene rings is 1. The fourth-order valence-corrected chi connectivity index (χ4v) is 5.63. The van der Waals surface area contributed by atoms with Gasteiger partial charge in [0.05, 0.1) is 47.5 Å². The SMILES string of the molecule is CCCCCCCCCCCCCCOc1ccc(CC(COP(=O)(O)OCCC[N+](C)(C)C)CC(=O)CC)cc1. The second kappa shape index (κ2) is 22.3. The lowest BCUT2D eigenvalue weighted by molar-refractivity contribution is -0.870. The maximum atomic E-state index is 12.4. The summed E-state index contributed by atoms with van der Waals surface area (Å²) in [6, 6.07) is 7.92. The van der Waals surface area contributed by atoms with Crippen molar-refractivity contribution >= 4 is 13.6 Å². The first-order valence-corrected chi connectivity index (χ1v) is 17.7. The molecule has 1 rings (SSSR count). The van der Waals surface area contributed by atoms with Gasteiger partial charge in [-0.2, -0.15) is 0 Å². The first-order valence-electron chi connectivity index (χ1n) is 16.2. The Morgan fingerprint density at radius 1 is 0.805 bits per heavy atom. The summed E-state index contributed by atoms with van der Waals surface area (Å²) < 4.78 is 29.5. The van der Waals surface area contributed by atoms with E-state index in [-0.39, 0.29) is 24.9 Å². The molecule has 7 nitrogen and oxygen atoms in total. The smallest absolute Gasteiger partial charge is 0.472 e. The zero-order valence-corrected chi connectivity index (χ0v) is 27.8. The van der Waals surface area contributed by atoms with Crippen LogP contribution in [0.1, 0.15) is 116 Å². The Hall–Kier alpha value is -1.24. The lowest BCUT2D eigenvalue weighted by atomic mass is 9.94. The monoisotopic (exact) mass is 598 g/mol. The highest BCUT2D eigenvalue weighted by Gasteiger charge is 2.25. The van der Waals surface area contributed by atoms with Crippen molar-refractivity contribution in [3.05, 3.63) is 29.8 Å². The molecule has 0 aliphatic carbocycles. The van der Waals surface area contributed by atoms with Crippen LogP contribution in [0.15, 0.2) is 24.3 Å². The number of hydrogen-bond acceptors (Lipinski definition) is 5. The molecule has 1 aromatic carbocycles. The maximum absolute atomic E-state index is 12.4. The van der Waals surface area contributed by atoms with Gasteiger partial charge in [0, 0.05) is 19.3 Å². The van der Waals surface area contributed by atoms with Gasteiger partial charge in [-0.1, -0.05) is 96.6 Å². The van der Waals surface area contributed by atoms with E-state index in [0.717, 1.165) is 35.4 Å². The Morgan fingerprint density at radius 3 is 1.90 bits per heavy atom. The number of carbonyl (C=O) groups is 1. The maximum Gasteiger partial charge on any atom is 0.472 e. The van der Waals surface area contributed by atoms with E-state index >= 15 is 0 Å². The number of phosphoric ester groups is 1. The van der Waals surface area contributed by atoms with E-state index in [9.17, 15) is 14.3 Å². The van der Waals surface area contributed by atoms with Crippen molar-refractivity contribution in [2.45, 2.75) is 117 Å². The van der Waals surface area contributed by atoms with Gasteiger partial charge in [-0.3, -0.25) is 13.8 Å². The van der Waals surface area contributed by atoms with E-state index in [1.165, 1.54) is 70.6 Å². The summed E-state index contributed by atoms with van der Waals surface area (Å²) in [6.45, 7) is 5.79. The average Bonchev–Trinajstić information content (AvgIpc) is 2.92. The van der Waals surface area contributed by atoms with Gasteiger partial charge in [0.2, 0.25) is 0 Å². The lowest BCUT2D eigenvalue weighted by Crippen LogP contribution is -2.35. The van der Waals surface area contributed by atoms with Crippen LogP contribution in [0.3, 0.4) is 0 Å². The molecule has 1 N–H and O–H groups in total. The largest absolute Gasteiger partial charge is 0.494 e. The first kappa shape index (κ1) is 37.8. The minimum atomic E-state index is -4.16. The van der Waals surface area contributed by atoms with Crippen molar-refractivity contribution in [3.63, 3.8) is 0 Å². The highest BCUT2D eigenvalue weighted by atomic mass is 31.2. The van der Waals surface area contributed by atoms with Crippen molar-refractivity contribution in [1.29, 1.82) is 0 Å². The zero-order chi connectivity index (χ0) is 30.4. The van der Waals surface area contributed by atoms with E-state index in [2.05, 4.69) is 28.1 Å². The molecule has 0 aliphatic heterocycles. The fourth-order valence-electron chi connectivity index (χ4n) is 4.80. The molecule has 0 saturated heterocycles. The Balaban J connectivity index is 2.33. The van der Waals surface area contributed by atoms with Crippen molar-refractivity contribution in [2.75, 3.05) is 47.5 Å². The second-order valence-electron chi connectivity index (χ2n) is 12.5. The number of carbonyl (C=O) groups excluding carboxylic acids is 1. The molecule has 0 fully saturated rings. The van der Waals surface area contributed by atoms with Gasteiger partial charge in [-0.05, 0) is 36.5 Å². The summed E-state index contributed by atoms with van der Waals surface area (Å²) in [6.07, 6.45) is 17.9. The Morgan fingerprint density at radius 2 is 1.37 bits per heavy atom. The predicted octanol–water partition coefficient (Wildman–Crippen LogP) is 8.52. The molecular formula is C33H61NO6P+. The number of rotatable bonds is 27. The lowest BCUT2D eigenvalue weighted by Gasteiger charge is -2.24. The fraction of sp³-hybridized carbons (Fsp3) is 0.788. The molecule has 0 bridgehead atoms. The third-order valence-electron chi connectivity index (χ3n) is 7.33. The van der Waals surface area contributed by atoms with Crippen molar-refractivity contribution in [3.8, 4) is 5.75 Å². The van der Waals surface area contributed by atoms with Crippen LogP contribution >= 0.6 is 7.82 Å². The minimum Gasteiger partial charge on any atom is -0.494 e. The molecule has 0 amide bonds. The number of phosphoric acid groups is 1. The van der Waals surface area contributed by atoms with Crippen LogP contribution in [0.25, 0.3) is 0 Å². The molecule has 0 radical (unpaired) electrons. The van der Waals surface area contributed by atoms with Crippen molar-refractivity contribution in [1.82, 2.24) is 0 Å². The molecule has 0 spiro atoms.